The molecule has 5 heteroatoms. The summed E-state index contributed by atoms with van der Waals surface area (Å²) in [6.07, 6.45) is 1.82. The van der Waals surface area contributed by atoms with E-state index >= 15 is 0 Å². The Kier molecular flexibility index (Phi) is 5.32. The van der Waals surface area contributed by atoms with Crippen molar-refractivity contribution in [3.63, 3.8) is 0 Å². The minimum absolute atomic E-state index is 0.0282. The third-order valence-corrected chi connectivity index (χ3v) is 3.53. The smallest absolute Gasteiger partial charge is 0.256 e. The van der Waals surface area contributed by atoms with Crippen LogP contribution in [-0.2, 0) is 4.74 Å². The number of nitrogens with zero attached hydrogens (tertiary/aromatic N) is 1. The van der Waals surface area contributed by atoms with Crippen molar-refractivity contribution in [1.82, 2.24) is 4.90 Å². The van der Waals surface area contributed by atoms with Gasteiger partial charge in [0, 0.05) is 25.8 Å². The fourth-order valence-electron chi connectivity index (χ4n) is 2.40. The van der Waals surface area contributed by atoms with Crippen molar-refractivity contribution in [1.29, 1.82) is 0 Å². The topological polar surface area (TPSA) is 55.6 Å². The van der Waals surface area contributed by atoms with E-state index in [9.17, 15) is 9.18 Å². The van der Waals surface area contributed by atoms with Crippen LogP contribution in [0.1, 0.15) is 28.8 Å². The van der Waals surface area contributed by atoms with E-state index in [1.165, 1.54) is 12.1 Å². The van der Waals surface area contributed by atoms with Crippen LogP contribution in [0.25, 0.3) is 0 Å². The first-order valence-corrected chi connectivity index (χ1v) is 6.96. The highest BCUT2D eigenvalue weighted by molar-refractivity contribution is 5.94. The van der Waals surface area contributed by atoms with Crippen LogP contribution in [0.4, 0.5) is 4.39 Å². The van der Waals surface area contributed by atoms with Crippen molar-refractivity contribution in [2.75, 3.05) is 26.7 Å². The third kappa shape index (κ3) is 3.81. The minimum Gasteiger partial charge on any atom is -0.380 e. The summed E-state index contributed by atoms with van der Waals surface area (Å²) in [6.45, 7) is 1.35. The van der Waals surface area contributed by atoms with Crippen molar-refractivity contribution < 1.29 is 13.9 Å². The number of halogens is 1. The minimum atomic E-state index is -0.552. The number of hydrogen-bond donors (Lipinski definition) is 1. The lowest BCUT2D eigenvalue weighted by Crippen LogP contribution is -2.43. The summed E-state index contributed by atoms with van der Waals surface area (Å²) in [5, 5.41) is 0. The quantitative estimate of drug-likeness (QED) is 0.837. The summed E-state index contributed by atoms with van der Waals surface area (Å²) in [6, 6.07) is 4.39. The molecule has 2 rings (SSSR count). The third-order valence-electron chi connectivity index (χ3n) is 3.53. The first kappa shape index (κ1) is 15.5. The zero-order valence-electron chi connectivity index (χ0n) is 12.1. The van der Waals surface area contributed by atoms with Crippen LogP contribution < -0.4 is 5.73 Å². The van der Waals surface area contributed by atoms with Gasteiger partial charge in [-0.3, -0.25) is 4.79 Å². The number of methoxy groups -OCH3 is 1. The lowest BCUT2D eigenvalue weighted by molar-refractivity contribution is 0.0266. The van der Waals surface area contributed by atoms with Gasteiger partial charge in [0.15, 0.2) is 0 Å². The van der Waals surface area contributed by atoms with Crippen molar-refractivity contribution in [2.45, 2.75) is 18.9 Å². The summed E-state index contributed by atoms with van der Waals surface area (Å²) >= 11 is 0. The highest BCUT2D eigenvalue weighted by atomic mass is 19.1. The second-order valence-corrected chi connectivity index (χ2v) is 4.95. The Morgan fingerprint density at radius 3 is 3.05 bits per heavy atom. The zero-order valence-corrected chi connectivity index (χ0v) is 12.1. The van der Waals surface area contributed by atoms with E-state index in [0.717, 1.165) is 12.8 Å². The number of piperidine rings is 1. The molecular weight excluding hydrogens is 271 g/mol. The van der Waals surface area contributed by atoms with Crippen LogP contribution >= 0.6 is 0 Å². The Morgan fingerprint density at radius 1 is 1.57 bits per heavy atom. The van der Waals surface area contributed by atoms with E-state index in [1.807, 2.05) is 0 Å². The molecule has 1 atom stereocenters. The van der Waals surface area contributed by atoms with E-state index in [1.54, 1.807) is 18.1 Å². The lowest BCUT2D eigenvalue weighted by atomic mass is 10.1. The molecule has 1 aromatic carbocycles. The second-order valence-electron chi connectivity index (χ2n) is 4.95. The van der Waals surface area contributed by atoms with Gasteiger partial charge in [-0.15, -0.1) is 0 Å². The number of likely N-dealkylation sites (tertiary alicyclic amines) is 1. The van der Waals surface area contributed by atoms with Crippen LogP contribution in [0.15, 0.2) is 18.2 Å². The van der Waals surface area contributed by atoms with Gasteiger partial charge in [0.1, 0.15) is 5.82 Å². The summed E-state index contributed by atoms with van der Waals surface area (Å²) in [7, 11) is 1.63. The average Bonchev–Trinajstić information content (AvgIpc) is 2.52. The Balaban J connectivity index is 2.15. The molecule has 0 radical (unpaired) electrons. The summed E-state index contributed by atoms with van der Waals surface area (Å²) in [4.78, 5) is 14.0. The summed E-state index contributed by atoms with van der Waals surface area (Å²) in [5.41, 5.74) is 5.87. The normalized spacial score (nSPS) is 18.0. The number of ether oxygens (including phenoxy) is 1. The first-order chi connectivity index (χ1) is 10.2. The second kappa shape index (κ2) is 7.21. The monoisotopic (exact) mass is 290 g/mol. The maximum atomic E-state index is 14.1. The Bertz CT molecular complexity index is 577. The van der Waals surface area contributed by atoms with Gasteiger partial charge in [-0.1, -0.05) is 11.8 Å². The van der Waals surface area contributed by atoms with Gasteiger partial charge in [-0.05, 0) is 31.0 Å². The number of hydrogen-bond acceptors (Lipinski definition) is 3. The van der Waals surface area contributed by atoms with Crippen molar-refractivity contribution in [3.05, 3.63) is 35.1 Å². The standard InChI is InChI=1S/C16H19FN2O2/c1-21-13-5-3-9-19(11-13)16(20)14-7-6-12(4-2-8-18)10-15(14)17/h6-7,10,13H,3,5,8-9,11,18H2,1H3. The van der Waals surface area contributed by atoms with E-state index in [-0.39, 0.29) is 24.1 Å². The van der Waals surface area contributed by atoms with E-state index in [0.29, 0.717) is 18.7 Å². The van der Waals surface area contributed by atoms with Crippen LogP contribution in [0.5, 0.6) is 0 Å². The Morgan fingerprint density at radius 2 is 2.38 bits per heavy atom. The van der Waals surface area contributed by atoms with Gasteiger partial charge in [-0.2, -0.15) is 0 Å². The predicted octanol–water partition coefficient (Wildman–Crippen LogP) is 1.39. The number of rotatable bonds is 2. The predicted molar refractivity (Wildman–Crippen MR) is 78.3 cm³/mol. The molecule has 1 unspecified atom stereocenters. The molecule has 4 nitrogen and oxygen atoms in total. The number of carbonyl (C=O) groups excluding carboxylic acids is 1. The average molecular weight is 290 g/mol. The molecule has 1 amide bonds. The van der Waals surface area contributed by atoms with E-state index in [2.05, 4.69) is 11.8 Å². The number of benzene rings is 1. The fourth-order valence-corrected chi connectivity index (χ4v) is 2.40. The zero-order chi connectivity index (χ0) is 15.2. The molecule has 0 saturated carbocycles. The van der Waals surface area contributed by atoms with E-state index < -0.39 is 5.82 Å². The number of carbonyl (C=O) groups is 1. The highest BCUT2D eigenvalue weighted by Gasteiger charge is 2.25. The molecule has 1 fully saturated rings. The summed E-state index contributed by atoms with van der Waals surface area (Å²) in [5.74, 6) is 4.55. The molecule has 0 aromatic heterocycles. The van der Waals surface area contributed by atoms with E-state index in [4.69, 9.17) is 10.5 Å². The van der Waals surface area contributed by atoms with Crippen LogP contribution in [0.2, 0.25) is 0 Å². The molecule has 1 aliphatic heterocycles. The lowest BCUT2D eigenvalue weighted by Gasteiger charge is -2.32. The van der Waals surface area contributed by atoms with Gasteiger partial charge in [0.05, 0.1) is 18.2 Å². The highest BCUT2D eigenvalue weighted by Crippen LogP contribution is 2.18. The van der Waals surface area contributed by atoms with Gasteiger partial charge < -0.3 is 15.4 Å². The number of nitrogens with two attached hydrogens (primary N) is 1. The molecule has 0 spiro atoms. The Labute approximate surface area is 124 Å². The van der Waals surface area contributed by atoms with Crippen molar-refractivity contribution >= 4 is 5.91 Å². The Hall–Kier alpha value is -1.90. The number of amides is 1. The molecule has 1 aromatic rings. The maximum Gasteiger partial charge on any atom is 0.256 e. The molecule has 2 N–H and O–H groups in total. The largest absolute Gasteiger partial charge is 0.380 e. The molecule has 21 heavy (non-hydrogen) atoms. The molecule has 1 aliphatic rings. The van der Waals surface area contributed by atoms with Gasteiger partial charge in [0.25, 0.3) is 5.91 Å². The maximum absolute atomic E-state index is 14.1. The fraction of sp³-hybridized carbons (Fsp3) is 0.438. The van der Waals surface area contributed by atoms with Gasteiger partial charge >= 0.3 is 0 Å². The SMILES string of the molecule is COC1CCCN(C(=O)c2ccc(C#CCN)cc2F)C1. The van der Waals surface area contributed by atoms with Crippen molar-refractivity contribution in [3.8, 4) is 11.8 Å². The molecular formula is C16H19FN2O2. The summed E-state index contributed by atoms with van der Waals surface area (Å²) < 4.78 is 19.4. The molecule has 0 bridgehead atoms. The van der Waals surface area contributed by atoms with Crippen LogP contribution in [0.3, 0.4) is 0 Å². The first-order valence-electron chi connectivity index (χ1n) is 6.96. The van der Waals surface area contributed by atoms with Crippen LogP contribution in [-0.4, -0.2) is 43.7 Å². The van der Waals surface area contributed by atoms with Crippen LogP contribution in [0, 0.1) is 17.7 Å². The van der Waals surface area contributed by atoms with Crippen molar-refractivity contribution in [2.24, 2.45) is 5.73 Å². The van der Waals surface area contributed by atoms with Gasteiger partial charge in [-0.25, -0.2) is 4.39 Å². The van der Waals surface area contributed by atoms with Gasteiger partial charge in [0.2, 0.25) is 0 Å². The molecule has 112 valence electrons. The molecule has 0 aliphatic carbocycles. The molecule has 1 saturated heterocycles. The molecule has 1 heterocycles.